The van der Waals surface area contributed by atoms with E-state index in [9.17, 15) is 9.18 Å². The molecule has 1 fully saturated rings. The zero-order chi connectivity index (χ0) is 30.2. The van der Waals surface area contributed by atoms with Crippen molar-refractivity contribution < 1.29 is 18.7 Å². The van der Waals surface area contributed by atoms with Gasteiger partial charge >= 0.3 is 0 Å². The largest absolute Gasteiger partial charge is 0.492 e. The average molecular weight is 605 g/mol. The van der Waals surface area contributed by atoms with E-state index >= 15 is 0 Å². The Balaban J connectivity index is 1.33. The number of carbonyl (C=O) groups excluding carboxylic acids is 1. The van der Waals surface area contributed by atoms with Crippen molar-refractivity contribution in [2.24, 2.45) is 0 Å². The molecule has 1 aliphatic rings. The smallest absolute Gasteiger partial charge is 0.284 e. The number of hydrogen-bond donors (Lipinski definition) is 2. The maximum atomic E-state index is 14.8. The average Bonchev–Trinajstić information content (AvgIpc) is 3.00. The van der Waals surface area contributed by atoms with Crippen LogP contribution in [0.2, 0.25) is 5.02 Å². The van der Waals surface area contributed by atoms with Gasteiger partial charge in [-0.15, -0.1) is 0 Å². The van der Waals surface area contributed by atoms with Crippen LogP contribution in [0.3, 0.4) is 0 Å². The summed E-state index contributed by atoms with van der Waals surface area (Å²) in [5.74, 6) is -0.314. The molecule has 0 saturated carbocycles. The predicted molar refractivity (Wildman–Crippen MR) is 167 cm³/mol. The Kier molecular flexibility index (Phi) is 10.0. The van der Waals surface area contributed by atoms with Crippen molar-refractivity contribution in [3.05, 3.63) is 83.2 Å². The molecule has 4 aromatic rings. The Morgan fingerprint density at radius 1 is 1.07 bits per heavy atom. The fourth-order valence-corrected chi connectivity index (χ4v) is 5.08. The summed E-state index contributed by atoms with van der Waals surface area (Å²) in [6.07, 6.45) is 6.11. The molecule has 43 heavy (non-hydrogen) atoms. The second kappa shape index (κ2) is 14.3. The van der Waals surface area contributed by atoms with E-state index in [0.29, 0.717) is 57.8 Å². The highest BCUT2D eigenvalue weighted by molar-refractivity contribution is 6.32. The molecule has 0 atom stereocenters. The zero-order valence-electron chi connectivity index (χ0n) is 24.2. The SMILES string of the molecule is CCOc1cc2ncnc(Nc3ccc(OCc4cccc(C)n4)c(Cl)c3)c2cc1NC(=O)/C(F)=C\CN1CCCCC1. The van der Waals surface area contributed by atoms with Crippen molar-refractivity contribution in [1.29, 1.82) is 0 Å². The Morgan fingerprint density at radius 3 is 2.67 bits per heavy atom. The van der Waals surface area contributed by atoms with Gasteiger partial charge in [0.05, 0.1) is 28.5 Å². The van der Waals surface area contributed by atoms with Gasteiger partial charge in [-0.2, -0.15) is 0 Å². The van der Waals surface area contributed by atoms with Gasteiger partial charge < -0.3 is 20.1 Å². The number of pyridine rings is 1. The number of piperidine rings is 1. The molecule has 2 N–H and O–H groups in total. The van der Waals surface area contributed by atoms with Crippen LogP contribution in [0.25, 0.3) is 10.9 Å². The van der Waals surface area contributed by atoms with Gasteiger partial charge in [0.2, 0.25) is 0 Å². The number of benzene rings is 2. The zero-order valence-corrected chi connectivity index (χ0v) is 25.0. The highest BCUT2D eigenvalue weighted by Gasteiger charge is 2.17. The van der Waals surface area contributed by atoms with Crippen LogP contribution < -0.4 is 20.1 Å². The van der Waals surface area contributed by atoms with E-state index in [2.05, 4.69) is 30.5 Å². The standard InChI is InChI=1S/C32H34ClFN6O3/c1-3-42-30-18-27-24(17-28(30)39-32(41)26(34)12-15-40-13-5-4-6-14-40)31(36-20-35-27)38-22-10-11-29(25(33)16-22)43-19-23-9-7-8-21(2)37-23/h7-12,16-18,20H,3-6,13-15,19H2,1-2H3,(H,39,41)(H,35,36,38)/b26-12+. The molecule has 3 heterocycles. The van der Waals surface area contributed by atoms with E-state index < -0.39 is 11.7 Å². The molecule has 0 aliphatic carbocycles. The molecule has 2 aromatic carbocycles. The number of nitrogens with one attached hydrogen (secondary N) is 2. The van der Waals surface area contributed by atoms with Gasteiger partial charge in [-0.1, -0.05) is 24.1 Å². The number of aryl methyl sites for hydroxylation is 1. The van der Waals surface area contributed by atoms with Crippen molar-refractivity contribution in [2.75, 3.05) is 36.9 Å². The second-order valence-electron chi connectivity index (χ2n) is 10.2. The highest BCUT2D eigenvalue weighted by Crippen LogP contribution is 2.35. The maximum Gasteiger partial charge on any atom is 0.284 e. The minimum Gasteiger partial charge on any atom is -0.492 e. The van der Waals surface area contributed by atoms with Crippen LogP contribution in [0.5, 0.6) is 11.5 Å². The van der Waals surface area contributed by atoms with Gasteiger partial charge in [0.25, 0.3) is 5.91 Å². The summed E-state index contributed by atoms with van der Waals surface area (Å²) in [7, 11) is 0. The number of hydrogen-bond acceptors (Lipinski definition) is 8. The number of fused-ring (bicyclic) bond motifs is 1. The van der Waals surface area contributed by atoms with Crippen LogP contribution in [-0.4, -0.2) is 52.0 Å². The van der Waals surface area contributed by atoms with Crippen molar-refractivity contribution in [3.8, 4) is 11.5 Å². The normalized spacial score (nSPS) is 14.0. The Bertz CT molecular complexity index is 1630. The van der Waals surface area contributed by atoms with Crippen molar-refractivity contribution in [1.82, 2.24) is 19.9 Å². The van der Waals surface area contributed by atoms with Gasteiger partial charge in [-0.3, -0.25) is 14.7 Å². The summed E-state index contributed by atoms with van der Waals surface area (Å²) in [6, 6.07) is 14.4. The lowest BCUT2D eigenvalue weighted by Gasteiger charge is -2.24. The number of anilines is 3. The number of halogens is 2. The number of ether oxygens (including phenoxy) is 2. The van der Waals surface area contributed by atoms with E-state index in [1.54, 1.807) is 24.3 Å². The molecule has 0 spiro atoms. The second-order valence-corrected chi connectivity index (χ2v) is 10.6. The summed E-state index contributed by atoms with van der Waals surface area (Å²) in [4.78, 5) is 28.1. The van der Waals surface area contributed by atoms with Crippen LogP contribution in [0.1, 0.15) is 37.6 Å². The molecule has 9 nitrogen and oxygen atoms in total. The van der Waals surface area contributed by atoms with Gasteiger partial charge in [0.1, 0.15) is 30.3 Å². The van der Waals surface area contributed by atoms with Gasteiger partial charge in [0.15, 0.2) is 5.83 Å². The molecule has 5 rings (SSSR count). The van der Waals surface area contributed by atoms with Crippen LogP contribution in [0.15, 0.2) is 66.8 Å². The first-order valence-corrected chi connectivity index (χ1v) is 14.7. The van der Waals surface area contributed by atoms with E-state index in [-0.39, 0.29) is 6.61 Å². The summed E-state index contributed by atoms with van der Waals surface area (Å²) < 4.78 is 26.4. The third-order valence-corrected chi connectivity index (χ3v) is 7.29. The molecule has 0 bridgehead atoms. The number of carbonyl (C=O) groups is 1. The Labute approximate surface area is 255 Å². The van der Waals surface area contributed by atoms with Crippen LogP contribution in [-0.2, 0) is 11.4 Å². The molecule has 0 unspecified atom stereocenters. The minimum absolute atomic E-state index is 0.287. The molecule has 1 saturated heterocycles. The first-order valence-electron chi connectivity index (χ1n) is 14.3. The van der Waals surface area contributed by atoms with Crippen molar-refractivity contribution >= 4 is 45.6 Å². The van der Waals surface area contributed by atoms with Gasteiger partial charge in [0, 0.05) is 29.4 Å². The summed E-state index contributed by atoms with van der Waals surface area (Å²) in [6.45, 7) is 6.61. The number of nitrogens with zero attached hydrogens (tertiary/aromatic N) is 4. The molecular formula is C32H34ClFN6O3. The number of likely N-dealkylation sites (tertiary alicyclic amines) is 1. The molecule has 1 amide bonds. The van der Waals surface area contributed by atoms with Gasteiger partial charge in [-0.05, 0) is 82.3 Å². The third-order valence-electron chi connectivity index (χ3n) is 7.00. The molecule has 11 heteroatoms. The lowest BCUT2D eigenvalue weighted by atomic mass is 10.1. The molecular weight excluding hydrogens is 571 g/mol. The first kappa shape index (κ1) is 30.2. The van der Waals surface area contributed by atoms with E-state index in [1.165, 1.54) is 18.8 Å². The summed E-state index contributed by atoms with van der Waals surface area (Å²) in [5, 5.41) is 6.93. The van der Waals surface area contributed by atoms with E-state index in [0.717, 1.165) is 37.3 Å². The lowest BCUT2D eigenvalue weighted by Crippen LogP contribution is -2.30. The fourth-order valence-electron chi connectivity index (χ4n) is 4.85. The predicted octanol–water partition coefficient (Wildman–Crippen LogP) is 6.99. The molecule has 224 valence electrons. The van der Waals surface area contributed by atoms with Crippen LogP contribution in [0.4, 0.5) is 21.6 Å². The van der Waals surface area contributed by atoms with Crippen LogP contribution in [0, 0.1) is 6.92 Å². The molecule has 1 aliphatic heterocycles. The van der Waals surface area contributed by atoms with Crippen LogP contribution >= 0.6 is 11.6 Å². The van der Waals surface area contributed by atoms with Gasteiger partial charge in [-0.25, -0.2) is 14.4 Å². The molecule has 0 radical (unpaired) electrons. The maximum absolute atomic E-state index is 14.8. The number of amides is 1. The van der Waals surface area contributed by atoms with Crippen molar-refractivity contribution in [2.45, 2.75) is 39.7 Å². The monoisotopic (exact) mass is 604 g/mol. The lowest BCUT2D eigenvalue weighted by molar-refractivity contribution is -0.114. The van der Waals surface area contributed by atoms with Crippen molar-refractivity contribution in [3.63, 3.8) is 0 Å². The fraction of sp³-hybridized carbons (Fsp3) is 0.312. The number of aromatic nitrogens is 3. The Hall–Kier alpha value is -4.28. The summed E-state index contributed by atoms with van der Waals surface area (Å²) in [5.41, 5.74) is 3.27. The number of rotatable bonds is 11. The minimum atomic E-state index is -0.842. The quantitative estimate of drug-likeness (QED) is 0.177. The van der Waals surface area contributed by atoms with E-state index in [4.69, 9.17) is 21.1 Å². The molecule has 2 aromatic heterocycles. The summed E-state index contributed by atoms with van der Waals surface area (Å²) >= 11 is 6.53. The topological polar surface area (TPSA) is 102 Å². The third kappa shape index (κ3) is 7.97. The highest BCUT2D eigenvalue weighted by atomic mass is 35.5. The first-order chi connectivity index (χ1) is 20.9. The van der Waals surface area contributed by atoms with E-state index in [1.807, 2.05) is 38.1 Å². The Morgan fingerprint density at radius 2 is 1.91 bits per heavy atom.